The lowest BCUT2D eigenvalue weighted by Gasteiger charge is -2.29. The van der Waals surface area contributed by atoms with Gasteiger partial charge in [0.25, 0.3) is 0 Å². The van der Waals surface area contributed by atoms with E-state index in [2.05, 4.69) is 35.0 Å². The lowest BCUT2D eigenvalue weighted by Crippen LogP contribution is -2.36. The fraction of sp³-hybridized carbons (Fsp3) is 0.708. The van der Waals surface area contributed by atoms with Gasteiger partial charge in [0, 0.05) is 37.4 Å². The zero-order valence-corrected chi connectivity index (χ0v) is 45.1. The third-order valence-corrected chi connectivity index (χ3v) is 13.4. The number of hydrogen-bond acceptors (Lipinski definition) is 22. The van der Waals surface area contributed by atoms with Crippen molar-refractivity contribution in [2.75, 3.05) is 137 Å². The lowest BCUT2D eigenvalue weighted by atomic mass is 10.1. The van der Waals surface area contributed by atoms with E-state index in [9.17, 15) is 32.7 Å². The van der Waals surface area contributed by atoms with Crippen molar-refractivity contribution in [3.8, 4) is 5.75 Å². The van der Waals surface area contributed by atoms with Gasteiger partial charge in [-0.1, -0.05) is 5.21 Å². The number of benzene rings is 1. The highest BCUT2D eigenvalue weighted by molar-refractivity contribution is 7.51. The van der Waals surface area contributed by atoms with E-state index in [1.54, 1.807) is 10.9 Å². The maximum Gasteiger partial charge on any atom is 0.350 e. The normalized spacial score (nSPS) is 21.1. The molecular weight excluding hydrogens is 1100 g/mol. The van der Waals surface area contributed by atoms with Gasteiger partial charge in [0.15, 0.2) is 23.5 Å². The van der Waals surface area contributed by atoms with E-state index in [0.717, 1.165) is 37.8 Å². The van der Waals surface area contributed by atoms with Gasteiger partial charge in [-0.15, -0.1) is 5.10 Å². The van der Waals surface area contributed by atoms with Crippen LogP contribution in [0.3, 0.4) is 0 Å². The molecule has 3 aromatic heterocycles. The van der Waals surface area contributed by atoms with Crippen molar-refractivity contribution in [2.45, 2.75) is 81.8 Å². The molecule has 2 aliphatic heterocycles. The molecule has 2 unspecified atom stereocenters. The first-order valence-electron chi connectivity index (χ1n) is 26.0. The van der Waals surface area contributed by atoms with Crippen LogP contribution in [0.5, 0.6) is 5.75 Å². The van der Waals surface area contributed by atoms with E-state index in [1.807, 2.05) is 6.20 Å². The Morgan fingerprint density at radius 1 is 0.759 bits per heavy atom. The molecule has 4 aromatic rings. The van der Waals surface area contributed by atoms with E-state index in [1.165, 1.54) is 4.68 Å². The second kappa shape index (κ2) is 32.5. The second-order valence-electron chi connectivity index (χ2n) is 18.5. The molecule has 1 aliphatic carbocycles. The Hall–Kier alpha value is -4.11. The maximum atomic E-state index is 13.6. The standard InChI is InChI=1S/C48H69ClF3N8O18P/c49-48-54-45(35-27-53-60(46(35)55-48)47-42(63)41(62)39(77-47)30-75-31-79(64,65)66)59-28-32-4-5-38(59)43(32)76-8-2-1-3-34-29-58(57-56-34)7-10-68-12-14-70-16-18-72-20-22-74-24-23-73-21-19-71-17-15-69-13-11-67-9-6-40(61)78-44-36(51)25-33(50)26-37(44)52/h25-27,29,32,38-39,41-43,47,62-63H,1-24,28,30-31H2,(H2,64,65,66)/t32-,38?,39-,41-,42-,43?,47-/m1/s1. The highest BCUT2D eigenvalue weighted by atomic mass is 35.5. The minimum atomic E-state index is -4.44. The number of hydrogen-bond donors (Lipinski definition) is 4. The Morgan fingerprint density at radius 3 is 1.96 bits per heavy atom. The number of fused-ring (bicyclic) bond motifs is 3. The summed E-state index contributed by atoms with van der Waals surface area (Å²) in [4.78, 5) is 41.1. The Labute approximate surface area is 458 Å². The number of carbonyl (C=O) groups excluding carboxylic acids is 1. The predicted molar refractivity (Wildman–Crippen MR) is 269 cm³/mol. The van der Waals surface area contributed by atoms with E-state index in [0.29, 0.717) is 140 Å². The Kier molecular flexibility index (Phi) is 25.7. The smallest absolute Gasteiger partial charge is 0.350 e. The van der Waals surface area contributed by atoms with Crippen LogP contribution in [0.2, 0.25) is 5.28 Å². The van der Waals surface area contributed by atoms with Gasteiger partial charge in [0.2, 0.25) is 11.0 Å². The van der Waals surface area contributed by atoms with Gasteiger partial charge in [0.05, 0.1) is 155 Å². The maximum absolute atomic E-state index is 13.6. The first-order valence-corrected chi connectivity index (χ1v) is 28.2. The summed E-state index contributed by atoms with van der Waals surface area (Å²) in [5.41, 5.74) is 1.19. The molecule has 79 heavy (non-hydrogen) atoms. The number of nitrogens with zero attached hydrogens (tertiary/aromatic N) is 8. The van der Waals surface area contributed by atoms with Gasteiger partial charge in [-0.25, -0.2) is 22.5 Å². The van der Waals surface area contributed by atoms with Crippen molar-refractivity contribution < 1.29 is 99.4 Å². The number of aromatic nitrogens is 7. The fourth-order valence-corrected chi connectivity index (χ4v) is 9.52. The molecular formula is C48H69ClF3N8O18P. The van der Waals surface area contributed by atoms with E-state index in [4.69, 9.17) is 73.5 Å². The number of aliphatic hydroxyl groups excluding tert-OH is 2. The molecule has 3 aliphatic rings. The summed E-state index contributed by atoms with van der Waals surface area (Å²) in [5.74, 6) is -4.74. The quantitative estimate of drug-likeness (QED) is 0.0163. The van der Waals surface area contributed by atoms with Gasteiger partial charge < -0.3 is 81.7 Å². The second-order valence-corrected chi connectivity index (χ2v) is 20.4. The molecule has 7 rings (SSSR count). The van der Waals surface area contributed by atoms with Crippen LogP contribution >= 0.6 is 19.2 Å². The Bertz CT molecular complexity index is 2500. The summed E-state index contributed by atoms with van der Waals surface area (Å²) in [7, 11) is -4.44. The number of esters is 1. The van der Waals surface area contributed by atoms with Crippen molar-refractivity contribution >= 4 is 42.0 Å². The van der Waals surface area contributed by atoms with Gasteiger partial charge in [-0.3, -0.25) is 9.36 Å². The molecule has 0 radical (unpaired) electrons. The van der Waals surface area contributed by atoms with Gasteiger partial charge in [0.1, 0.15) is 36.3 Å². The largest absolute Gasteiger partial charge is 0.420 e. The van der Waals surface area contributed by atoms with E-state index < -0.39 is 67.7 Å². The summed E-state index contributed by atoms with van der Waals surface area (Å²) in [6.45, 7) is 7.16. The highest BCUT2D eigenvalue weighted by Gasteiger charge is 2.49. The first kappa shape index (κ1) is 62.5. The Morgan fingerprint density at radius 2 is 1.35 bits per heavy atom. The van der Waals surface area contributed by atoms with Crippen molar-refractivity contribution in [1.82, 2.24) is 34.7 Å². The number of ether oxygens (including phenoxy) is 12. The van der Waals surface area contributed by atoms with E-state index in [-0.39, 0.29) is 50.3 Å². The number of rotatable bonds is 40. The topological polar surface area (TPSA) is 303 Å². The first-order chi connectivity index (χ1) is 38.3. The molecule has 4 N–H and O–H groups in total. The van der Waals surface area contributed by atoms with Crippen LogP contribution in [0.15, 0.2) is 24.5 Å². The number of halogens is 4. The van der Waals surface area contributed by atoms with Gasteiger partial charge in [-0.2, -0.15) is 15.1 Å². The molecule has 26 nitrogen and oxygen atoms in total. The lowest BCUT2D eigenvalue weighted by molar-refractivity contribution is -0.136. The fourth-order valence-electron chi connectivity index (χ4n) is 9.02. The van der Waals surface area contributed by atoms with Crippen LogP contribution in [-0.2, 0) is 74.4 Å². The van der Waals surface area contributed by atoms with Crippen LogP contribution in [0, 0.1) is 23.4 Å². The number of unbranched alkanes of at least 4 members (excludes halogenated alkanes) is 1. The summed E-state index contributed by atoms with van der Waals surface area (Å²) in [6.07, 6.45) is 1.69. The third-order valence-electron chi connectivity index (χ3n) is 12.7. The molecule has 7 atom stereocenters. The summed E-state index contributed by atoms with van der Waals surface area (Å²) in [5, 5.41) is 35.0. The van der Waals surface area contributed by atoms with Crippen molar-refractivity contribution in [2.24, 2.45) is 5.92 Å². The molecule has 31 heteroatoms. The molecule has 442 valence electrons. The van der Waals surface area contributed by atoms with E-state index >= 15 is 0 Å². The monoisotopic (exact) mass is 1170 g/mol. The Balaban J connectivity index is 0.628. The van der Waals surface area contributed by atoms with Crippen molar-refractivity contribution in [3.63, 3.8) is 0 Å². The number of aliphatic hydroxyl groups is 2. The van der Waals surface area contributed by atoms with Crippen LogP contribution in [0.25, 0.3) is 11.0 Å². The summed E-state index contributed by atoms with van der Waals surface area (Å²) < 4.78 is 120. The average molecular weight is 1170 g/mol. The van der Waals surface area contributed by atoms with Crippen LogP contribution in [-0.4, -0.2) is 223 Å². The minimum absolute atomic E-state index is 0.00379. The SMILES string of the molecule is O=C(CCOCCOCCOCCOCCOCCOCCOCCOCCn1cc(CCCCOC2C3CC[C@@H]2CN3c2nc(Cl)nc3c2cnn3[C@@H]2O[C@H](COCP(=O)(O)O)[C@@H](O)[C@H]2O)nn1)Oc1c(F)cc(F)cc1F. The number of carbonyl (C=O) groups is 1. The van der Waals surface area contributed by atoms with Crippen molar-refractivity contribution in [3.05, 3.63) is 53.0 Å². The molecule has 3 fully saturated rings. The number of anilines is 1. The molecule has 0 spiro atoms. The summed E-state index contributed by atoms with van der Waals surface area (Å²) >= 11 is 6.45. The zero-order chi connectivity index (χ0) is 56.0. The third kappa shape index (κ3) is 19.8. The minimum Gasteiger partial charge on any atom is -0.420 e. The number of aryl methyl sites for hydroxylation is 1. The molecule has 2 bridgehead atoms. The molecule has 5 heterocycles. The average Bonchev–Trinajstić information content (AvgIpc) is 4.44. The predicted octanol–water partition coefficient (Wildman–Crippen LogP) is 2.39. The summed E-state index contributed by atoms with van der Waals surface area (Å²) in [6, 6.07) is 0.900. The van der Waals surface area contributed by atoms with Crippen LogP contribution in [0.1, 0.15) is 44.0 Å². The van der Waals surface area contributed by atoms with Gasteiger partial charge >= 0.3 is 13.6 Å². The zero-order valence-electron chi connectivity index (χ0n) is 43.5. The number of piperidine rings is 1. The molecule has 2 saturated heterocycles. The van der Waals surface area contributed by atoms with Crippen molar-refractivity contribution in [1.29, 1.82) is 0 Å². The molecule has 1 saturated carbocycles. The van der Waals surface area contributed by atoms with Crippen LogP contribution < -0.4 is 9.64 Å². The van der Waals surface area contributed by atoms with Crippen LogP contribution in [0.4, 0.5) is 19.0 Å². The van der Waals surface area contributed by atoms with Gasteiger partial charge in [-0.05, 0) is 43.7 Å². The molecule has 1 aromatic carbocycles. The highest BCUT2D eigenvalue weighted by Crippen LogP contribution is 2.44. The molecule has 0 amide bonds.